The molecule has 0 spiro atoms. The maximum atomic E-state index is 13.4. The Kier molecular flexibility index (Phi) is 6.51. The molecule has 0 radical (unpaired) electrons. The molecule has 3 rings (SSSR count). The van der Waals surface area contributed by atoms with Crippen LogP contribution in [0.1, 0.15) is 54.6 Å². The van der Waals surface area contributed by atoms with Crippen molar-refractivity contribution in [3.05, 3.63) is 59.2 Å². The fraction of sp³-hybridized carbons (Fsp3) is 0.458. The second-order valence-corrected chi connectivity index (χ2v) is 16.5. The fourth-order valence-electron chi connectivity index (χ4n) is 3.70. The zero-order valence-corrected chi connectivity index (χ0v) is 21.1. The number of aldehydes is 1. The minimum Gasteiger partial charge on any atom is -0.417 e. The zero-order chi connectivity index (χ0) is 23.0. The number of benzene rings is 2. The smallest absolute Gasteiger partial charge is 0.264 e. The van der Waals surface area contributed by atoms with Gasteiger partial charge in [0.15, 0.2) is 8.32 Å². The molecule has 1 aliphatic rings. The summed E-state index contributed by atoms with van der Waals surface area (Å²) in [6.07, 6.45) is 1.49. The second-order valence-electron chi connectivity index (χ2n) is 9.84. The van der Waals surface area contributed by atoms with E-state index >= 15 is 0 Å². The highest BCUT2D eigenvalue weighted by atomic mass is 32.2. The lowest BCUT2D eigenvalue weighted by atomic mass is 9.94. The predicted octanol–water partition coefficient (Wildman–Crippen LogP) is 5.51. The Morgan fingerprint density at radius 2 is 1.77 bits per heavy atom. The summed E-state index contributed by atoms with van der Waals surface area (Å²) >= 11 is 0. The molecule has 0 amide bonds. The summed E-state index contributed by atoms with van der Waals surface area (Å²) in [7, 11) is -5.62. The molecule has 0 N–H and O–H groups in total. The molecule has 1 unspecified atom stereocenters. The van der Waals surface area contributed by atoms with Crippen molar-refractivity contribution in [2.24, 2.45) is 0 Å². The Labute approximate surface area is 187 Å². The van der Waals surface area contributed by atoms with Crippen LogP contribution in [0.3, 0.4) is 0 Å². The molecular formula is C24H33NO4SSi. The van der Waals surface area contributed by atoms with Gasteiger partial charge < -0.3 is 4.43 Å². The standard InChI is InChI=1S/C24H33NO4SSi/c1-18-10-12-21(13-11-18)30(27,28)25-16-19(14-15-29-31(5,6)24(2,3)4)23-20(17-26)8-7-9-22(23)25/h7-13,17,19H,14-16H2,1-6H3. The molecular weight excluding hydrogens is 426 g/mol. The van der Waals surface area contributed by atoms with Crippen molar-refractivity contribution in [3.8, 4) is 0 Å². The summed E-state index contributed by atoms with van der Waals surface area (Å²) in [6.45, 7) is 13.8. The van der Waals surface area contributed by atoms with Crippen LogP contribution in [0.2, 0.25) is 18.1 Å². The van der Waals surface area contributed by atoms with Gasteiger partial charge in [0.2, 0.25) is 0 Å². The van der Waals surface area contributed by atoms with Crippen molar-refractivity contribution in [2.75, 3.05) is 17.5 Å². The minimum atomic E-state index is -3.72. The molecule has 1 atom stereocenters. The number of hydrogen-bond donors (Lipinski definition) is 0. The largest absolute Gasteiger partial charge is 0.417 e. The Hall–Kier alpha value is -1.96. The SMILES string of the molecule is Cc1ccc(S(=O)(=O)N2CC(CCO[Si](C)(C)C(C)(C)C)c3c(C=O)cccc32)cc1. The lowest BCUT2D eigenvalue weighted by molar-refractivity contribution is 0.112. The first kappa shape index (κ1) is 23.7. The van der Waals surface area contributed by atoms with Crippen LogP contribution in [0.5, 0.6) is 0 Å². The monoisotopic (exact) mass is 459 g/mol. The third-order valence-corrected chi connectivity index (χ3v) is 13.0. The van der Waals surface area contributed by atoms with Crippen molar-refractivity contribution in [1.82, 2.24) is 0 Å². The van der Waals surface area contributed by atoms with Crippen molar-refractivity contribution in [1.29, 1.82) is 0 Å². The van der Waals surface area contributed by atoms with Crippen LogP contribution in [0.4, 0.5) is 5.69 Å². The summed E-state index contributed by atoms with van der Waals surface area (Å²) in [5.41, 5.74) is 2.97. The summed E-state index contributed by atoms with van der Waals surface area (Å²) in [6, 6.07) is 12.2. The summed E-state index contributed by atoms with van der Waals surface area (Å²) in [5.74, 6) is -0.0820. The van der Waals surface area contributed by atoms with Gasteiger partial charge in [-0.25, -0.2) is 8.42 Å². The lowest BCUT2D eigenvalue weighted by Gasteiger charge is -2.36. The van der Waals surface area contributed by atoms with E-state index in [0.29, 0.717) is 30.8 Å². The number of hydrogen-bond acceptors (Lipinski definition) is 4. The Balaban J connectivity index is 1.91. The number of sulfonamides is 1. The molecule has 0 aromatic heterocycles. The molecule has 0 saturated carbocycles. The Bertz CT molecular complexity index is 1060. The van der Waals surface area contributed by atoms with E-state index < -0.39 is 18.3 Å². The van der Waals surface area contributed by atoms with E-state index in [9.17, 15) is 13.2 Å². The van der Waals surface area contributed by atoms with Crippen LogP contribution in [0.15, 0.2) is 47.4 Å². The first-order chi connectivity index (χ1) is 14.4. The molecule has 5 nitrogen and oxygen atoms in total. The fourth-order valence-corrected chi connectivity index (χ4v) is 6.29. The molecule has 0 fully saturated rings. The summed E-state index contributed by atoms with van der Waals surface area (Å²) in [5, 5.41) is 0.107. The molecule has 1 aliphatic heterocycles. The van der Waals surface area contributed by atoms with Gasteiger partial charge in [0, 0.05) is 24.6 Å². The van der Waals surface area contributed by atoms with E-state index in [1.54, 1.807) is 42.5 Å². The molecule has 0 aliphatic carbocycles. The van der Waals surface area contributed by atoms with E-state index in [2.05, 4.69) is 33.9 Å². The molecule has 168 valence electrons. The topological polar surface area (TPSA) is 63.7 Å². The summed E-state index contributed by atoms with van der Waals surface area (Å²) in [4.78, 5) is 12.0. The first-order valence-corrected chi connectivity index (χ1v) is 15.0. The van der Waals surface area contributed by atoms with Crippen LogP contribution in [-0.4, -0.2) is 36.2 Å². The van der Waals surface area contributed by atoms with Crippen LogP contribution < -0.4 is 4.31 Å². The van der Waals surface area contributed by atoms with Crippen LogP contribution in [-0.2, 0) is 14.4 Å². The third kappa shape index (κ3) is 4.63. The second kappa shape index (κ2) is 8.52. The highest BCUT2D eigenvalue weighted by Crippen LogP contribution is 2.43. The highest BCUT2D eigenvalue weighted by molar-refractivity contribution is 7.92. The number of nitrogens with zero attached hydrogens (tertiary/aromatic N) is 1. The number of rotatable bonds is 7. The van der Waals surface area contributed by atoms with Crippen LogP contribution in [0.25, 0.3) is 0 Å². The number of carbonyl (C=O) groups is 1. The Morgan fingerprint density at radius 1 is 1.13 bits per heavy atom. The van der Waals surface area contributed by atoms with Gasteiger partial charge in [0.1, 0.15) is 6.29 Å². The van der Waals surface area contributed by atoms with Crippen molar-refractivity contribution >= 4 is 30.3 Å². The molecule has 0 saturated heterocycles. The number of aryl methyl sites for hydroxylation is 1. The zero-order valence-electron chi connectivity index (χ0n) is 19.3. The number of fused-ring (bicyclic) bond motifs is 1. The Morgan fingerprint density at radius 3 is 2.35 bits per heavy atom. The van der Waals surface area contributed by atoms with Gasteiger partial charge in [0.05, 0.1) is 10.6 Å². The maximum Gasteiger partial charge on any atom is 0.264 e. The van der Waals surface area contributed by atoms with E-state index in [0.717, 1.165) is 17.4 Å². The van der Waals surface area contributed by atoms with Gasteiger partial charge in [-0.05, 0) is 55.2 Å². The van der Waals surface area contributed by atoms with Gasteiger partial charge in [-0.2, -0.15) is 0 Å². The van der Waals surface area contributed by atoms with E-state index in [1.165, 1.54) is 4.31 Å². The maximum absolute atomic E-state index is 13.4. The quantitative estimate of drug-likeness (QED) is 0.404. The van der Waals surface area contributed by atoms with Gasteiger partial charge in [-0.1, -0.05) is 50.6 Å². The highest BCUT2D eigenvalue weighted by Gasteiger charge is 2.40. The van der Waals surface area contributed by atoms with E-state index in [4.69, 9.17) is 4.43 Å². The van der Waals surface area contributed by atoms with Crippen molar-refractivity contribution in [2.45, 2.75) is 63.1 Å². The molecule has 7 heteroatoms. The molecule has 1 heterocycles. The molecule has 2 aromatic rings. The minimum absolute atomic E-state index is 0.0820. The van der Waals surface area contributed by atoms with Crippen molar-refractivity contribution < 1.29 is 17.6 Å². The lowest BCUT2D eigenvalue weighted by Crippen LogP contribution is -2.41. The average Bonchev–Trinajstić information content (AvgIpc) is 3.07. The van der Waals surface area contributed by atoms with E-state index in [1.807, 2.05) is 6.92 Å². The van der Waals surface area contributed by atoms with Gasteiger partial charge in [-0.3, -0.25) is 9.10 Å². The average molecular weight is 460 g/mol. The normalized spacial score (nSPS) is 17.0. The number of carbonyl (C=O) groups excluding carboxylic acids is 1. The van der Waals surface area contributed by atoms with Crippen LogP contribution in [0, 0.1) is 6.92 Å². The van der Waals surface area contributed by atoms with Gasteiger partial charge >= 0.3 is 0 Å². The van der Waals surface area contributed by atoms with Gasteiger partial charge in [0.25, 0.3) is 10.0 Å². The summed E-state index contributed by atoms with van der Waals surface area (Å²) < 4.78 is 34.7. The number of anilines is 1. The third-order valence-electron chi connectivity index (χ3n) is 6.65. The van der Waals surface area contributed by atoms with Crippen molar-refractivity contribution in [3.63, 3.8) is 0 Å². The molecule has 2 aromatic carbocycles. The first-order valence-electron chi connectivity index (χ1n) is 10.7. The molecule has 0 bridgehead atoms. The molecule has 31 heavy (non-hydrogen) atoms. The predicted molar refractivity (Wildman–Crippen MR) is 128 cm³/mol. The van der Waals surface area contributed by atoms with Crippen LogP contribution >= 0.6 is 0 Å². The van der Waals surface area contributed by atoms with Gasteiger partial charge in [-0.15, -0.1) is 0 Å². The van der Waals surface area contributed by atoms with E-state index in [-0.39, 0.29) is 15.9 Å².